The quantitative estimate of drug-likeness (QED) is 0.555. The lowest BCUT2D eigenvalue weighted by Crippen LogP contribution is -2.13. The van der Waals surface area contributed by atoms with E-state index in [1.807, 2.05) is 24.3 Å². The number of hydrogen-bond acceptors (Lipinski definition) is 3. The second-order valence-electron chi connectivity index (χ2n) is 3.68. The highest BCUT2D eigenvalue weighted by molar-refractivity contribution is 5.40. The third-order valence-electron chi connectivity index (χ3n) is 2.42. The van der Waals surface area contributed by atoms with Crippen molar-refractivity contribution >= 4 is 0 Å². The van der Waals surface area contributed by atoms with Crippen LogP contribution in [0.5, 0.6) is 11.5 Å². The zero-order valence-electron chi connectivity index (χ0n) is 10.7. The zero-order valence-corrected chi connectivity index (χ0v) is 10.7. The lowest BCUT2D eigenvalue weighted by Gasteiger charge is -2.12. The lowest BCUT2D eigenvalue weighted by molar-refractivity contribution is 0.317. The molecule has 0 heterocycles. The van der Waals surface area contributed by atoms with Gasteiger partial charge in [-0.15, -0.1) is 6.58 Å². The van der Waals surface area contributed by atoms with Gasteiger partial charge in [0, 0.05) is 18.2 Å². The average molecular weight is 235 g/mol. The molecule has 0 spiro atoms. The van der Waals surface area contributed by atoms with Crippen molar-refractivity contribution in [1.82, 2.24) is 5.32 Å². The molecule has 17 heavy (non-hydrogen) atoms. The molecule has 0 amide bonds. The van der Waals surface area contributed by atoms with E-state index in [9.17, 15) is 0 Å². The van der Waals surface area contributed by atoms with Crippen LogP contribution in [0.4, 0.5) is 0 Å². The molecule has 0 radical (unpaired) electrons. The van der Waals surface area contributed by atoms with Gasteiger partial charge in [0.25, 0.3) is 0 Å². The van der Waals surface area contributed by atoms with Crippen molar-refractivity contribution in [2.24, 2.45) is 0 Å². The van der Waals surface area contributed by atoms with E-state index >= 15 is 0 Å². The van der Waals surface area contributed by atoms with Crippen LogP contribution in [0, 0.1) is 0 Å². The van der Waals surface area contributed by atoms with E-state index in [1.165, 1.54) is 0 Å². The van der Waals surface area contributed by atoms with E-state index in [4.69, 9.17) is 9.47 Å². The van der Waals surface area contributed by atoms with Crippen molar-refractivity contribution in [3.05, 3.63) is 36.4 Å². The Morgan fingerprint density at radius 2 is 2.24 bits per heavy atom. The van der Waals surface area contributed by atoms with Crippen molar-refractivity contribution in [3.8, 4) is 11.5 Å². The van der Waals surface area contributed by atoms with Crippen LogP contribution in [0.3, 0.4) is 0 Å². The monoisotopic (exact) mass is 235 g/mol. The summed E-state index contributed by atoms with van der Waals surface area (Å²) >= 11 is 0. The highest BCUT2D eigenvalue weighted by Crippen LogP contribution is 2.25. The molecule has 94 valence electrons. The van der Waals surface area contributed by atoms with Crippen molar-refractivity contribution < 1.29 is 9.47 Å². The number of nitrogens with one attached hydrogen (secondary N) is 1. The maximum Gasteiger partial charge on any atom is 0.127 e. The van der Waals surface area contributed by atoms with Gasteiger partial charge in [0.1, 0.15) is 11.5 Å². The predicted octanol–water partition coefficient (Wildman–Crippen LogP) is 2.76. The van der Waals surface area contributed by atoms with Gasteiger partial charge < -0.3 is 14.8 Å². The summed E-state index contributed by atoms with van der Waals surface area (Å²) in [4.78, 5) is 0. The number of ether oxygens (including phenoxy) is 2. The average Bonchev–Trinajstić information content (AvgIpc) is 2.37. The number of hydrogen-bond donors (Lipinski definition) is 1. The first-order chi connectivity index (χ1) is 8.31. The Balaban J connectivity index is 2.74. The van der Waals surface area contributed by atoms with Crippen molar-refractivity contribution in [3.63, 3.8) is 0 Å². The van der Waals surface area contributed by atoms with Crippen molar-refractivity contribution in [1.29, 1.82) is 0 Å². The molecule has 1 rings (SSSR count). The Morgan fingerprint density at radius 3 is 2.88 bits per heavy atom. The van der Waals surface area contributed by atoms with Gasteiger partial charge in [-0.1, -0.05) is 19.1 Å². The maximum absolute atomic E-state index is 5.73. The van der Waals surface area contributed by atoms with Crippen LogP contribution in [0.25, 0.3) is 0 Å². The molecule has 0 atom stereocenters. The molecule has 0 aliphatic carbocycles. The van der Waals surface area contributed by atoms with Crippen LogP contribution in [-0.2, 0) is 6.54 Å². The Bertz CT molecular complexity index is 350. The molecule has 1 N–H and O–H groups in total. The van der Waals surface area contributed by atoms with E-state index in [1.54, 1.807) is 7.11 Å². The molecular formula is C14H21NO2. The van der Waals surface area contributed by atoms with Crippen molar-refractivity contribution in [2.45, 2.75) is 19.9 Å². The molecule has 0 saturated heterocycles. The number of rotatable bonds is 8. The van der Waals surface area contributed by atoms with Crippen LogP contribution in [0.15, 0.2) is 30.9 Å². The first-order valence-electron chi connectivity index (χ1n) is 5.93. The smallest absolute Gasteiger partial charge is 0.127 e. The summed E-state index contributed by atoms with van der Waals surface area (Å²) in [6.07, 6.45) is 2.70. The standard InChI is InChI=1S/C14H21NO2/c1-4-6-9-17-14-10-13(16-3)8-7-12(14)11-15-5-2/h4,7-8,10,15H,1,5-6,9,11H2,2-3H3. The third-order valence-corrected chi connectivity index (χ3v) is 2.42. The van der Waals surface area contributed by atoms with Gasteiger partial charge in [-0.3, -0.25) is 0 Å². The molecule has 3 heteroatoms. The fourth-order valence-corrected chi connectivity index (χ4v) is 1.45. The van der Waals surface area contributed by atoms with Crippen molar-refractivity contribution in [2.75, 3.05) is 20.3 Å². The van der Waals surface area contributed by atoms with Crippen LogP contribution in [0.1, 0.15) is 18.9 Å². The van der Waals surface area contributed by atoms with E-state index in [0.29, 0.717) is 6.61 Å². The van der Waals surface area contributed by atoms with Crippen LogP contribution in [0.2, 0.25) is 0 Å². The Hall–Kier alpha value is -1.48. The van der Waals surface area contributed by atoms with Gasteiger partial charge >= 0.3 is 0 Å². The molecule has 3 nitrogen and oxygen atoms in total. The predicted molar refractivity (Wildman–Crippen MR) is 70.7 cm³/mol. The summed E-state index contributed by atoms with van der Waals surface area (Å²) in [7, 11) is 1.66. The fourth-order valence-electron chi connectivity index (χ4n) is 1.45. The number of benzene rings is 1. The molecule has 0 aromatic heterocycles. The first-order valence-corrected chi connectivity index (χ1v) is 5.93. The third kappa shape index (κ3) is 4.49. The summed E-state index contributed by atoms with van der Waals surface area (Å²) in [6, 6.07) is 5.91. The maximum atomic E-state index is 5.73. The summed E-state index contributed by atoms with van der Waals surface area (Å²) in [5, 5.41) is 3.29. The molecule has 1 aromatic rings. The van der Waals surface area contributed by atoms with Gasteiger partial charge in [-0.05, 0) is 19.0 Å². The summed E-state index contributed by atoms with van der Waals surface area (Å²) < 4.78 is 10.9. The highest BCUT2D eigenvalue weighted by Gasteiger charge is 2.05. The van der Waals surface area contributed by atoms with E-state index in [2.05, 4.69) is 18.8 Å². The molecule has 0 saturated carbocycles. The normalized spacial score (nSPS) is 10.0. The summed E-state index contributed by atoms with van der Waals surface area (Å²) in [6.45, 7) is 8.17. The molecule has 0 aliphatic heterocycles. The van der Waals surface area contributed by atoms with Gasteiger partial charge in [0.15, 0.2) is 0 Å². The van der Waals surface area contributed by atoms with Gasteiger partial charge in [0.2, 0.25) is 0 Å². The SMILES string of the molecule is C=CCCOc1cc(OC)ccc1CNCC. The minimum Gasteiger partial charge on any atom is -0.497 e. The fraction of sp³-hybridized carbons (Fsp3) is 0.429. The van der Waals surface area contributed by atoms with Crippen LogP contribution in [-0.4, -0.2) is 20.3 Å². The van der Waals surface area contributed by atoms with Gasteiger partial charge in [-0.25, -0.2) is 0 Å². The molecule has 0 aliphatic rings. The van der Waals surface area contributed by atoms with Crippen LogP contribution >= 0.6 is 0 Å². The molecule has 1 aromatic carbocycles. The lowest BCUT2D eigenvalue weighted by atomic mass is 10.2. The minimum absolute atomic E-state index is 0.649. The first kappa shape index (κ1) is 13.6. The second kappa shape index (κ2) is 7.74. The Kier molecular flexibility index (Phi) is 6.18. The molecule has 0 fully saturated rings. The summed E-state index contributed by atoms with van der Waals surface area (Å²) in [5.41, 5.74) is 1.15. The minimum atomic E-state index is 0.649. The van der Waals surface area contributed by atoms with Crippen LogP contribution < -0.4 is 14.8 Å². The van der Waals surface area contributed by atoms with E-state index in [-0.39, 0.29) is 0 Å². The highest BCUT2D eigenvalue weighted by atomic mass is 16.5. The zero-order chi connectivity index (χ0) is 12.5. The summed E-state index contributed by atoms with van der Waals surface area (Å²) in [5.74, 6) is 1.70. The van der Waals surface area contributed by atoms with E-state index < -0.39 is 0 Å². The largest absolute Gasteiger partial charge is 0.497 e. The number of methoxy groups -OCH3 is 1. The second-order valence-corrected chi connectivity index (χ2v) is 3.68. The Morgan fingerprint density at radius 1 is 1.41 bits per heavy atom. The molecule has 0 bridgehead atoms. The van der Waals surface area contributed by atoms with Gasteiger partial charge in [0.05, 0.1) is 13.7 Å². The van der Waals surface area contributed by atoms with Gasteiger partial charge in [-0.2, -0.15) is 0 Å². The molecule has 0 unspecified atom stereocenters. The Labute approximate surface area is 103 Å². The topological polar surface area (TPSA) is 30.5 Å². The molecular weight excluding hydrogens is 214 g/mol. The van der Waals surface area contributed by atoms with E-state index in [0.717, 1.165) is 36.6 Å².